The number of amides is 1. The van der Waals surface area contributed by atoms with Crippen LogP contribution in [-0.2, 0) is 11.2 Å². The first kappa shape index (κ1) is 22.7. The number of aryl methyl sites for hydroxylation is 1. The van der Waals surface area contributed by atoms with Crippen molar-refractivity contribution in [1.82, 2.24) is 0 Å². The summed E-state index contributed by atoms with van der Waals surface area (Å²) in [6.45, 7) is 7.60. The van der Waals surface area contributed by atoms with Crippen LogP contribution in [0.15, 0.2) is 69.2 Å². The Bertz CT molecular complexity index is 1010. The third-order valence-corrected chi connectivity index (χ3v) is 4.72. The van der Waals surface area contributed by atoms with Crippen LogP contribution < -0.4 is 10.5 Å². The van der Waals surface area contributed by atoms with E-state index in [0.717, 1.165) is 22.3 Å². The first-order valence-electron chi connectivity index (χ1n) is 9.62. The molecule has 0 aliphatic heterocycles. The molecule has 0 saturated heterocycles. The Labute approximate surface area is 177 Å². The Hall–Kier alpha value is -3.54. The number of nitrogens with zero attached hydrogens (tertiary/aromatic N) is 3. The first-order valence-corrected chi connectivity index (χ1v) is 9.62. The molecule has 0 unspecified atom stereocenters. The summed E-state index contributed by atoms with van der Waals surface area (Å²) in [5, 5.41) is 0. The maximum Gasteiger partial charge on any atom is 0.217 e. The number of allylic oxidation sites excluding steroid dienone is 2. The van der Waals surface area contributed by atoms with Crippen LogP contribution >= 0.6 is 0 Å². The number of carbonyl (C=O) groups is 1. The quantitative estimate of drug-likeness (QED) is 0.530. The van der Waals surface area contributed by atoms with E-state index in [1.807, 2.05) is 62.4 Å². The second-order valence-corrected chi connectivity index (χ2v) is 6.74. The zero-order chi connectivity index (χ0) is 22.1. The van der Waals surface area contributed by atoms with Gasteiger partial charge in [-0.25, -0.2) is 4.99 Å². The molecular weight excluding hydrogens is 376 g/mol. The van der Waals surface area contributed by atoms with Crippen molar-refractivity contribution in [2.24, 2.45) is 20.7 Å². The monoisotopic (exact) mass is 404 g/mol. The molecule has 1 amide bonds. The molecule has 2 aromatic rings. The van der Waals surface area contributed by atoms with Crippen LogP contribution in [0.3, 0.4) is 0 Å². The van der Waals surface area contributed by atoms with Gasteiger partial charge in [-0.05, 0) is 55.8 Å². The summed E-state index contributed by atoms with van der Waals surface area (Å²) in [5.74, 6) is 0.818. The molecule has 6 heteroatoms. The maximum atomic E-state index is 11.1. The zero-order valence-electron chi connectivity index (χ0n) is 18.0. The molecule has 2 rings (SSSR count). The number of ether oxygens (including phenoxy) is 1. The fourth-order valence-electron chi connectivity index (χ4n) is 3.12. The van der Waals surface area contributed by atoms with Crippen LogP contribution in [0.4, 0.5) is 0 Å². The van der Waals surface area contributed by atoms with E-state index < -0.39 is 0 Å². The minimum Gasteiger partial charge on any atom is -0.496 e. The molecule has 0 aromatic heterocycles. The van der Waals surface area contributed by atoms with Crippen LogP contribution in [0.5, 0.6) is 5.75 Å². The van der Waals surface area contributed by atoms with Crippen molar-refractivity contribution in [3.8, 4) is 5.75 Å². The number of amidine groups is 1. The molecule has 2 aromatic carbocycles. The van der Waals surface area contributed by atoms with Crippen LogP contribution in [0.1, 0.15) is 37.0 Å². The number of methoxy groups -OCH3 is 1. The van der Waals surface area contributed by atoms with E-state index in [9.17, 15) is 4.79 Å². The summed E-state index contributed by atoms with van der Waals surface area (Å²) >= 11 is 0. The Balaban J connectivity index is 2.42. The van der Waals surface area contributed by atoms with Crippen molar-refractivity contribution in [2.75, 3.05) is 14.2 Å². The topological polar surface area (TPSA) is 89.4 Å². The van der Waals surface area contributed by atoms with Crippen molar-refractivity contribution < 1.29 is 9.53 Å². The summed E-state index contributed by atoms with van der Waals surface area (Å²) < 4.78 is 5.55. The standard InChI is InChI=1S/C24H28N4O2/c1-16(19-9-7-6-8-10-19)23(26-3)17(2)28-24(27-4)20-13-11-18(12-14-22(25)29)15-21(20)30-5/h6-11,13,15H,3,12,14H2,1-2,4-5H3,(H2,25,29)/b23-16+,27-24?,28-17?. The second-order valence-electron chi connectivity index (χ2n) is 6.74. The van der Waals surface area contributed by atoms with Crippen molar-refractivity contribution in [3.63, 3.8) is 0 Å². The largest absolute Gasteiger partial charge is 0.496 e. The van der Waals surface area contributed by atoms with E-state index in [2.05, 4.69) is 16.7 Å². The third kappa shape index (κ3) is 5.73. The smallest absolute Gasteiger partial charge is 0.217 e. The van der Waals surface area contributed by atoms with Gasteiger partial charge in [0.05, 0.1) is 24.1 Å². The average Bonchev–Trinajstić information content (AvgIpc) is 2.76. The Morgan fingerprint density at radius 1 is 1.13 bits per heavy atom. The number of hydrogen-bond acceptors (Lipinski definition) is 4. The molecule has 30 heavy (non-hydrogen) atoms. The Morgan fingerprint density at radius 2 is 1.83 bits per heavy atom. The van der Waals surface area contributed by atoms with Crippen LogP contribution in [0.25, 0.3) is 5.57 Å². The van der Waals surface area contributed by atoms with Gasteiger partial charge in [-0.3, -0.25) is 14.8 Å². The van der Waals surface area contributed by atoms with Crippen molar-refractivity contribution >= 4 is 29.7 Å². The summed E-state index contributed by atoms with van der Waals surface area (Å²) in [4.78, 5) is 24.3. The van der Waals surface area contributed by atoms with Gasteiger partial charge < -0.3 is 10.5 Å². The van der Waals surface area contributed by atoms with Gasteiger partial charge in [-0.1, -0.05) is 36.4 Å². The highest BCUT2D eigenvalue weighted by Crippen LogP contribution is 2.24. The fraction of sp³-hybridized carbons (Fsp3) is 0.250. The van der Waals surface area contributed by atoms with Crippen LogP contribution in [-0.4, -0.2) is 38.3 Å². The molecule has 2 N–H and O–H groups in total. The number of rotatable bonds is 8. The minimum absolute atomic E-state index is 0.284. The molecule has 0 radical (unpaired) electrons. The van der Waals surface area contributed by atoms with Gasteiger partial charge >= 0.3 is 0 Å². The lowest BCUT2D eigenvalue weighted by molar-refractivity contribution is -0.117. The minimum atomic E-state index is -0.334. The van der Waals surface area contributed by atoms with Crippen molar-refractivity contribution in [2.45, 2.75) is 26.7 Å². The number of primary amides is 1. The fourth-order valence-corrected chi connectivity index (χ4v) is 3.12. The summed E-state index contributed by atoms with van der Waals surface area (Å²) in [7, 11) is 3.28. The number of hydrogen-bond donors (Lipinski definition) is 1. The van der Waals surface area contributed by atoms with Gasteiger partial charge in [0.15, 0.2) is 5.84 Å². The Morgan fingerprint density at radius 3 is 2.40 bits per heavy atom. The highest BCUT2D eigenvalue weighted by Gasteiger charge is 2.13. The van der Waals surface area contributed by atoms with Gasteiger partial charge in [0, 0.05) is 13.5 Å². The molecule has 0 spiro atoms. The third-order valence-electron chi connectivity index (χ3n) is 4.72. The van der Waals surface area contributed by atoms with Crippen molar-refractivity contribution in [1.29, 1.82) is 0 Å². The van der Waals surface area contributed by atoms with E-state index in [1.165, 1.54) is 0 Å². The van der Waals surface area contributed by atoms with E-state index in [1.54, 1.807) is 14.2 Å². The molecule has 0 aliphatic rings. The molecule has 0 heterocycles. The number of carbonyl (C=O) groups excluding carboxylic acids is 1. The van der Waals surface area contributed by atoms with E-state index >= 15 is 0 Å². The summed E-state index contributed by atoms with van der Waals surface area (Å²) in [5.41, 5.74) is 10.4. The lowest BCUT2D eigenvalue weighted by Crippen LogP contribution is -2.11. The second kappa shape index (κ2) is 10.9. The lowest BCUT2D eigenvalue weighted by Gasteiger charge is -2.12. The predicted molar refractivity (Wildman–Crippen MR) is 125 cm³/mol. The molecule has 0 aliphatic carbocycles. The van der Waals surface area contributed by atoms with Crippen LogP contribution in [0.2, 0.25) is 0 Å². The van der Waals surface area contributed by atoms with Crippen LogP contribution in [0, 0.1) is 0 Å². The molecule has 156 valence electrons. The summed E-state index contributed by atoms with van der Waals surface area (Å²) in [6, 6.07) is 15.7. The van der Waals surface area contributed by atoms with Gasteiger partial charge in [0.1, 0.15) is 5.75 Å². The number of aliphatic imine (C=N–C) groups is 3. The van der Waals surface area contributed by atoms with E-state index in [4.69, 9.17) is 15.5 Å². The predicted octanol–water partition coefficient (Wildman–Crippen LogP) is 4.08. The van der Waals surface area contributed by atoms with Crippen molar-refractivity contribution in [3.05, 3.63) is 70.9 Å². The molecule has 0 fully saturated rings. The zero-order valence-corrected chi connectivity index (χ0v) is 18.0. The SMILES string of the molecule is C=N/C(C(C)=NC(=NC)c1ccc(CCC(N)=O)cc1OC)=C(\C)c1ccccc1. The molecule has 6 nitrogen and oxygen atoms in total. The number of nitrogens with two attached hydrogens (primary N) is 1. The van der Waals surface area contributed by atoms with E-state index in [-0.39, 0.29) is 12.3 Å². The van der Waals surface area contributed by atoms with E-state index in [0.29, 0.717) is 29.4 Å². The highest BCUT2D eigenvalue weighted by molar-refractivity contribution is 6.14. The average molecular weight is 405 g/mol. The van der Waals surface area contributed by atoms with Gasteiger partial charge in [0.2, 0.25) is 5.91 Å². The molecule has 0 bridgehead atoms. The molecule has 0 atom stereocenters. The number of benzene rings is 2. The molecule has 0 saturated carbocycles. The first-order chi connectivity index (χ1) is 14.4. The Kier molecular flexibility index (Phi) is 8.23. The maximum absolute atomic E-state index is 11.1. The highest BCUT2D eigenvalue weighted by atomic mass is 16.5. The molecular formula is C24H28N4O2. The normalized spacial score (nSPS) is 12.9. The summed E-state index contributed by atoms with van der Waals surface area (Å²) in [6.07, 6.45) is 0.836. The van der Waals surface area contributed by atoms with Gasteiger partial charge in [-0.15, -0.1) is 0 Å². The van der Waals surface area contributed by atoms with Gasteiger partial charge in [0.25, 0.3) is 0 Å². The van der Waals surface area contributed by atoms with Gasteiger partial charge in [-0.2, -0.15) is 0 Å². The lowest BCUT2D eigenvalue weighted by atomic mass is 10.0.